The van der Waals surface area contributed by atoms with Crippen LogP contribution in [-0.4, -0.2) is 21.1 Å². The van der Waals surface area contributed by atoms with Gasteiger partial charge in [-0.05, 0) is 25.7 Å². The summed E-state index contributed by atoms with van der Waals surface area (Å²) < 4.78 is 1.94. The zero-order valence-corrected chi connectivity index (χ0v) is 8.72. The molecule has 0 spiro atoms. The maximum atomic E-state index is 10.9. The number of hydrogen-bond acceptors (Lipinski definition) is 3. The Morgan fingerprint density at radius 2 is 2.13 bits per heavy atom. The van der Waals surface area contributed by atoms with Crippen LogP contribution in [0.3, 0.4) is 0 Å². The Kier molecular flexibility index (Phi) is 2.08. The maximum absolute atomic E-state index is 10.9. The van der Waals surface area contributed by atoms with Crippen LogP contribution in [0.5, 0.6) is 0 Å². The van der Waals surface area contributed by atoms with Crippen LogP contribution in [0, 0.1) is 0 Å². The van der Waals surface area contributed by atoms with Gasteiger partial charge in [0.15, 0.2) is 5.82 Å². The van der Waals surface area contributed by atoms with E-state index in [1.165, 1.54) is 19.3 Å². The van der Waals surface area contributed by atoms with Gasteiger partial charge in [0.2, 0.25) is 0 Å². The predicted octanol–water partition coefficient (Wildman–Crippen LogP) is 1.62. The normalized spacial score (nSPS) is 25.7. The van der Waals surface area contributed by atoms with Gasteiger partial charge in [-0.1, -0.05) is 6.42 Å². The molecule has 0 saturated heterocycles. The van der Waals surface area contributed by atoms with Gasteiger partial charge in [-0.2, -0.15) is 5.10 Å². The molecule has 1 aromatic heterocycles. The largest absolute Gasteiger partial charge is 0.303 e. The average molecular weight is 205 g/mol. The van der Waals surface area contributed by atoms with Gasteiger partial charge < -0.3 is 4.79 Å². The number of carbonyl (C=O) groups is 1. The van der Waals surface area contributed by atoms with Crippen LogP contribution in [-0.2, 0) is 11.3 Å². The molecule has 1 aliphatic carbocycles. The molecule has 0 aromatic carbocycles. The van der Waals surface area contributed by atoms with Crippen molar-refractivity contribution in [2.75, 3.05) is 0 Å². The van der Waals surface area contributed by atoms with Crippen molar-refractivity contribution in [2.24, 2.45) is 0 Å². The minimum Gasteiger partial charge on any atom is -0.303 e. The highest BCUT2D eigenvalue weighted by Crippen LogP contribution is 2.35. The second-order valence-electron chi connectivity index (χ2n) is 4.56. The molecular formula is C11H15N3O. The molecule has 0 amide bonds. The second kappa shape index (κ2) is 3.43. The molecule has 1 atom stereocenters. The molecule has 0 bridgehead atoms. The van der Waals surface area contributed by atoms with Crippen LogP contribution in [0.1, 0.15) is 55.6 Å². The number of fused-ring (bicyclic) bond motifs is 1. The van der Waals surface area contributed by atoms with Crippen molar-refractivity contribution in [3.63, 3.8) is 0 Å². The van der Waals surface area contributed by atoms with Crippen molar-refractivity contribution in [1.82, 2.24) is 14.8 Å². The summed E-state index contributed by atoms with van der Waals surface area (Å²) in [6.45, 7) is 0.930. The molecule has 2 heterocycles. The number of hydrogen-bond donors (Lipinski definition) is 0. The smallest absolute Gasteiger partial charge is 0.154 e. The highest BCUT2D eigenvalue weighted by Gasteiger charge is 2.29. The number of aromatic nitrogens is 3. The molecule has 80 valence electrons. The molecule has 1 fully saturated rings. The summed E-state index contributed by atoms with van der Waals surface area (Å²) in [5.74, 6) is 2.43. The fraction of sp³-hybridized carbons (Fsp3) is 0.727. The Labute approximate surface area is 88.7 Å². The minimum atomic E-state index is -0.0138. The number of nitrogens with zero attached hydrogens (tertiary/aromatic N) is 3. The third kappa shape index (κ3) is 1.39. The Morgan fingerprint density at radius 1 is 1.27 bits per heavy atom. The first-order valence-electron chi connectivity index (χ1n) is 5.78. The molecule has 2 aliphatic rings. The van der Waals surface area contributed by atoms with E-state index in [4.69, 9.17) is 0 Å². The van der Waals surface area contributed by atoms with E-state index < -0.39 is 0 Å². The van der Waals surface area contributed by atoms with E-state index in [0.717, 1.165) is 37.3 Å². The highest BCUT2D eigenvalue weighted by molar-refractivity contribution is 5.60. The Bertz CT molecular complexity index is 381. The monoisotopic (exact) mass is 205 g/mol. The third-order valence-electron chi connectivity index (χ3n) is 3.57. The number of aryl methyl sites for hydroxylation is 1. The summed E-state index contributed by atoms with van der Waals surface area (Å²) in [4.78, 5) is 15.4. The van der Waals surface area contributed by atoms with Crippen molar-refractivity contribution >= 4 is 6.29 Å². The van der Waals surface area contributed by atoms with Gasteiger partial charge in [-0.3, -0.25) is 0 Å². The van der Waals surface area contributed by atoms with Gasteiger partial charge >= 0.3 is 0 Å². The Hall–Kier alpha value is -1.19. The minimum absolute atomic E-state index is 0.0138. The summed E-state index contributed by atoms with van der Waals surface area (Å²) >= 11 is 0. The molecular weight excluding hydrogens is 190 g/mol. The lowest BCUT2D eigenvalue weighted by atomic mass is 9.85. The second-order valence-corrected chi connectivity index (χ2v) is 4.56. The molecule has 1 saturated carbocycles. The summed E-state index contributed by atoms with van der Waals surface area (Å²) in [6.07, 6.45) is 6.73. The van der Waals surface area contributed by atoms with E-state index in [0.29, 0.717) is 5.92 Å². The number of aldehydes is 1. The van der Waals surface area contributed by atoms with Gasteiger partial charge in [0.1, 0.15) is 12.1 Å². The van der Waals surface area contributed by atoms with Crippen LogP contribution in [0.2, 0.25) is 0 Å². The standard InChI is InChI=1S/C11H15N3O/c15-7-9-5-2-6-14-11(9)12-10(13-14)8-3-1-4-8/h7-9H,1-6H2. The number of carbonyl (C=O) groups excluding carboxylic acids is 1. The number of rotatable bonds is 2. The highest BCUT2D eigenvalue weighted by atomic mass is 16.1. The van der Waals surface area contributed by atoms with Crippen molar-refractivity contribution in [1.29, 1.82) is 0 Å². The quantitative estimate of drug-likeness (QED) is 0.689. The molecule has 15 heavy (non-hydrogen) atoms. The van der Waals surface area contributed by atoms with Gasteiger partial charge in [0.25, 0.3) is 0 Å². The maximum Gasteiger partial charge on any atom is 0.154 e. The summed E-state index contributed by atoms with van der Waals surface area (Å²) in [5.41, 5.74) is 0. The first kappa shape index (κ1) is 9.07. The van der Waals surface area contributed by atoms with E-state index in [1.807, 2.05) is 4.68 Å². The molecule has 0 radical (unpaired) electrons. The summed E-state index contributed by atoms with van der Waals surface area (Å²) in [7, 11) is 0. The molecule has 4 nitrogen and oxygen atoms in total. The van der Waals surface area contributed by atoms with Crippen LogP contribution >= 0.6 is 0 Å². The van der Waals surface area contributed by atoms with Gasteiger partial charge in [0, 0.05) is 12.5 Å². The van der Waals surface area contributed by atoms with Crippen molar-refractivity contribution < 1.29 is 4.79 Å². The summed E-state index contributed by atoms with van der Waals surface area (Å²) in [6, 6.07) is 0. The van der Waals surface area contributed by atoms with E-state index in [2.05, 4.69) is 10.1 Å². The van der Waals surface area contributed by atoms with Crippen LogP contribution in [0.15, 0.2) is 0 Å². The Morgan fingerprint density at radius 3 is 2.80 bits per heavy atom. The lowest BCUT2D eigenvalue weighted by molar-refractivity contribution is -0.109. The van der Waals surface area contributed by atoms with Gasteiger partial charge in [0.05, 0.1) is 5.92 Å². The third-order valence-corrected chi connectivity index (χ3v) is 3.57. The molecule has 1 aliphatic heterocycles. The fourth-order valence-corrected chi connectivity index (χ4v) is 2.37. The van der Waals surface area contributed by atoms with E-state index in [-0.39, 0.29) is 5.92 Å². The first-order valence-corrected chi connectivity index (χ1v) is 5.78. The SMILES string of the molecule is O=CC1CCCn2nc(C3CCC3)nc21. The van der Waals surface area contributed by atoms with Crippen LogP contribution in [0.4, 0.5) is 0 Å². The van der Waals surface area contributed by atoms with Gasteiger partial charge in [-0.25, -0.2) is 9.67 Å². The predicted molar refractivity (Wildman–Crippen MR) is 54.7 cm³/mol. The molecule has 1 aromatic rings. The zero-order chi connectivity index (χ0) is 10.3. The van der Waals surface area contributed by atoms with Crippen LogP contribution < -0.4 is 0 Å². The van der Waals surface area contributed by atoms with Crippen molar-refractivity contribution in [3.8, 4) is 0 Å². The van der Waals surface area contributed by atoms with Crippen molar-refractivity contribution in [2.45, 2.75) is 50.5 Å². The molecule has 4 heteroatoms. The van der Waals surface area contributed by atoms with E-state index in [1.54, 1.807) is 0 Å². The molecule has 3 rings (SSSR count). The van der Waals surface area contributed by atoms with E-state index in [9.17, 15) is 4.79 Å². The fourth-order valence-electron chi connectivity index (χ4n) is 2.37. The Balaban J connectivity index is 1.93. The first-order chi connectivity index (χ1) is 7.38. The van der Waals surface area contributed by atoms with Crippen molar-refractivity contribution in [3.05, 3.63) is 11.6 Å². The molecule has 0 N–H and O–H groups in total. The lowest BCUT2D eigenvalue weighted by Crippen LogP contribution is -2.17. The van der Waals surface area contributed by atoms with Crippen LogP contribution in [0.25, 0.3) is 0 Å². The molecule has 1 unspecified atom stereocenters. The van der Waals surface area contributed by atoms with E-state index >= 15 is 0 Å². The van der Waals surface area contributed by atoms with Gasteiger partial charge in [-0.15, -0.1) is 0 Å². The summed E-state index contributed by atoms with van der Waals surface area (Å²) in [5, 5.41) is 4.52. The lowest BCUT2D eigenvalue weighted by Gasteiger charge is -2.21. The topological polar surface area (TPSA) is 47.8 Å². The average Bonchev–Trinajstić information content (AvgIpc) is 2.57. The zero-order valence-electron chi connectivity index (χ0n) is 8.72.